The van der Waals surface area contributed by atoms with Crippen molar-refractivity contribution in [2.24, 2.45) is 4.99 Å². The van der Waals surface area contributed by atoms with E-state index in [1.54, 1.807) is 26.1 Å². The number of hydrogen-bond donors (Lipinski definition) is 2. The molecule has 25 heavy (non-hydrogen) atoms. The van der Waals surface area contributed by atoms with Crippen molar-refractivity contribution < 1.29 is 8.42 Å². The molecule has 1 aromatic carbocycles. The second-order valence-corrected chi connectivity index (χ2v) is 8.64. The molecular formula is C16H26Cl2N4O2S. The average molecular weight is 409 g/mol. The fraction of sp³-hybridized carbons (Fsp3) is 0.562. The third-order valence-electron chi connectivity index (χ3n) is 3.55. The first-order chi connectivity index (χ1) is 11.8. The summed E-state index contributed by atoms with van der Waals surface area (Å²) in [5.41, 5.74) is 0.886. The van der Waals surface area contributed by atoms with E-state index in [4.69, 9.17) is 23.2 Å². The topological polar surface area (TPSA) is 73.8 Å². The van der Waals surface area contributed by atoms with Crippen LogP contribution in [-0.4, -0.2) is 51.1 Å². The lowest BCUT2D eigenvalue weighted by atomic mass is 10.2. The predicted molar refractivity (Wildman–Crippen MR) is 106 cm³/mol. The summed E-state index contributed by atoms with van der Waals surface area (Å²) >= 11 is 12.0. The Hall–Kier alpha value is -1.02. The summed E-state index contributed by atoms with van der Waals surface area (Å²) in [6.07, 6.45) is 0.682. The van der Waals surface area contributed by atoms with E-state index in [0.717, 1.165) is 12.1 Å². The third-order valence-corrected chi connectivity index (χ3v) is 6.00. The molecule has 0 unspecified atom stereocenters. The van der Waals surface area contributed by atoms with Crippen LogP contribution in [0, 0.1) is 0 Å². The highest BCUT2D eigenvalue weighted by Crippen LogP contribution is 2.21. The van der Waals surface area contributed by atoms with E-state index in [2.05, 4.69) is 15.6 Å². The smallest absolute Gasteiger partial charge is 0.213 e. The lowest BCUT2D eigenvalue weighted by Gasteiger charge is -2.16. The van der Waals surface area contributed by atoms with Gasteiger partial charge in [0.25, 0.3) is 0 Å². The number of hydrogen-bond acceptors (Lipinski definition) is 3. The Morgan fingerprint density at radius 3 is 2.56 bits per heavy atom. The molecule has 0 saturated carbocycles. The Balaban J connectivity index is 2.53. The summed E-state index contributed by atoms with van der Waals surface area (Å²) < 4.78 is 24.8. The fourth-order valence-corrected chi connectivity index (χ4v) is 3.34. The van der Waals surface area contributed by atoms with Crippen LogP contribution in [0.1, 0.15) is 25.8 Å². The van der Waals surface area contributed by atoms with Gasteiger partial charge >= 0.3 is 0 Å². The van der Waals surface area contributed by atoms with Crippen LogP contribution in [-0.2, 0) is 16.6 Å². The van der Waals surface area contributed by atoms with Gasteiger partial charge in [0.05, 0.1) is 12.3 Å². The van der Waals surface area contributed by atoms with E-state index in [-0.39, 0.29) is 5.75 Å². The van der Waals surface area contributed by atoms with Gasteiger partial charge in [0.2, 0.25) is 10.0 Å². The molecule has 0 atom stereocenters. The maximum Gasteiger partial charge on any atom is 0.213 e. The first-order valence-corrected chi connectivity index (χ1v) is 10.6. The molecule has 0 fully saturated rings. The van der Waals surface area contributed by atoms with Crippen LogP contribution in [0.4, 0.5) is 0 Å². The van der Waals surface area contributed by atoms with Crippen molar-refractivity contribution in [3.63, 3.8) is 0 Å². The van der Waals surface area contributed by atoms with Gasteiger partial charge in [0.1, 0.15) is 0 Å². The van der Waals surface area contributed by atoms with Crippen molar-refractivity contribution in [1.82, 2.24) is 14.9 Å². The van der Waals surface area contributed by atoms with E-state index in [0.29, 0.717) is 42.1 Å². The summed E-state index contributed by atoms with van der Waals surface area (Å²) in [5.74, 6) is 0.776. The van der Waals surface area contributed by atoms with Gasteiger partial charge < -0.3 is 10.6 Å². The largest absolute Gasteiger partial charge is 0.357 e. The minimum atomic E-state index is -3.13. The Morgan fingerprint density at radius 2 is 1.96 bits per heavy atom. The van der Waals surface area contributed by atoms with Gasteiger partial charge in [0.15, 0.2) is 5.96 Å². The molecule has 1 rings (SSSR count). The van der Waals surface area contributed by atoms with E-state index in [1.165, 1.54) is 4.31 Å². The molecule has 1 aromatic rings. The van der Waals surface area contributed by atoms with Crippen LogP contribution in [0.3, 0.4) is 0 Å². The molecule has 0 aromatic heterocycles. The van der Waals surface area contributed by atoms with E-state index in [9.17, 15) is 8.42 Å². The second-order valence-electron chi connectivity index (χ2n) is 5.43. The fourth-order valence-electron chi connectivity index (χ4n) is 2.02. The van der Waals surface area contributed by atoms with E-state index in [1.807, 2.05) is 13.0 Å². The molecule has 0 spiro atoms. The SMILES string of the molecule is CCNC(=NCc1ccc(Cl)cc1Cl)NCCCN(C)S(=O)(=O)CC. The minimum absolute atomic E-state index is 0.114. The molecule has 0 aliphatic carbocycles. The molecule has 0 saturated heterocycles. The second kappa shape index (κ2) is 10.9. The number of nitrogens with one attached hydrogen (secondary N) is 2. The van der Waals surface area contributed by atoms with Crippen molar-refractivity contribution in [2.45, 2.75) is 26.8 Å². The number of halogens is 2. The molecule has 0 amide bonds. The number of rotatable bonds is 9. The van der Waals surface area contributed by atoms with Gasteiger partial charge in [0, 0.05) is 36.7 Å². The molecule has 0 heterocycles. The van der Waals surface area contributed by atoms with Gasteiger partial charge in [-0.2, -0.15) is 0 Å². The molecule has 0 bridgehead atoms. The van der Waals surface area contributed by atoms with Crippen molar-refractivity contribution in [2.75, 3.05) is 32.4 Å². The summed E-state index contributed by atoms with van der Waals surface area (Å²) in [5, 5.41) is 7.52. The highest BCUT2D eigenvalue weighted by molar-refractivity contribution is 7.89. The molecule has 0 aliphatic heterocycles. The number of nitrogens with zero attached hydrogens (tertiary/aromatic N) is 2. The Labute approximate surface area is 160 Å². The van der Waals surface area contributed by atoms with Crippen LogP contribution < -0.4 is 10.6 Å². The maximum absolute atomic E-state index is 11.7. The van der Waals surface area contributed by atoms with Crippen molar-refractivity contribution in [3.8, 4) is 0 Å². The van der Waals surface area contributed by atoms with Crippen molar-refractivity contribution >= 4 is 39.2 Å². The van der Waals surface area contributed by atoms with Gasteiger partial charge in [-0.15, -0.1) is 0 Å². The van der Waals surface area contributed by atoms with Crippen LogP contribution >= 0.6 is 23.2 Å². The summed E-state index contributed by atoms with van der Waals surface area (Å²) in [6, 6.07) is 5.32. The van der Waals surface area contributed by atoms with Crippen molar-refractivity contribution in [1.29, 1.82) is 0 Å². The lowest BCUT2D eigenvalue weighted by Crippen LogP contribution is -2.39. The molecular weight excluding hydrogens is 383 g/mol. The van der Waals surface area contributed by atoms with Crippen molar-refractivity contribution in [3.05, 3.63) is 33.8 Å². The van der Waals surface area contributed by atoms with Crippen LogP contribution in [0.15, 0.2) is 23.2 Å². The molecule has 0 aliphatic rings. The van der Waals surface area contributed by atoms with Gasteiger partial charge in [-0.1, -0.05) is 29.3 Å². The summed E-state index contributed by atoms with van der Waals surface area (Å²) in [7, 11) is -1.53. The quantitative estimate of drug-likeness (QED) is 0.374. The molecule has 9 heteroatoms. The summed E-state index contributed by atoms with van der Waals surface area (Å²) in [4.78, 5) is 4.49. The first kappa shape index (κ1) is 22.0. The van der Waals surface area contributed by atoms with Gasteiger partial charge in [-0.3, -0.25) is 0 Å². The first-order valence-electron chi connectivity index (χ1n) is 8.20. The summed E-state index contributed by atoms with van der Waals surface area (Å²) in [6.45, 7) is 5.85. The van der Waals surface area contributed by atoms with Gasteiger partial charge in [-0.05, 0) is 38.0 Å². The van der Waals surface area contributed by atoms with E-state index < -0.39 is 10.0 Å². The van der Waals surface area contributed by atoms with Crippen LogP contribution in [0.2, 0.25) is 10.0 Å². The minimum Gasteiger partial charge on any atom is -0.357 e. The Morgan fingerprint density at radius 1 is 1.24 bits per heavy atom. The number of benzene rings is 1. The van der Waals surface area contributed by atoms with Gasteiger partial charge in [-0.25, -0.2) is 17.7 Å². The zero-order valence-electron chi connectivity index (χ0n) is 14.8. The zero-order valence-corrected chi connectivity index (χ0v) is 17.2. The highest BCUT2D eigenvalue weighted by atomic mass is 35.5. The highest BCUT2D eigenvalue weighted by Gasteiger charge is 2.13. The monoisotopic (exact) mass is 408 g/mol. The molecule has 142 valence electrons. The lowest BCUT2D eigenvalue weighted by molar-refractivity contribution is 0.461. The maximum atomic E-state index is 11.7. The average Bonchev–Trinajstić information content (AvgIpc) is 2.57. The Bertz CT molecular complexity index is 681. The molecule has 6 nitrogen and oxygen atoms in total. The standard InChI is InChI=1S/C16H26Cl2N4O2S/c1-4-19-16(20-9-6-10-22(3)25(23,24)5-2)21-12-13-7-8-14(17)11-15(13)18/h7-8,11H,4-6,9-10,12H2,1-3H3,(H2,19,20,21). The number of sulfonamides is 1. The number of guanidine groups is 1. The van der Waals surface area contributed by atoms with Crippen LogP contribution in [0.25, 0.3) is 0 Å². The zero-order chi connectivity index (χ0) is 18.9. The van der Waals surface area contributed by atoms with Crippen LogP contribution in [0.5, 0.6) is 0 Å². The molecule has 0 radical (unpaired) electrons. The normalized spacial score (nSPS) is 12.5. The number of aliphatic imine (C=N–C) groups is 1. The Kier molecular flexibility index (Phi) is 9.56. The predicted octanol–water partition coefficient (Wildman–Crippen LogP) is 2.72. The van der Waals surface area contributed by atoms with E-state index >= 15 is 0 Å². The third kappa shape index (κ3) is 7.81. The molecule has 2 N–H and O–H groups in total.